The number of ether oxygens (including phenoxy) is 1. The Balaban J connectivity index is 1.45. The summed E-state index contributed by atoms with van der Waals surface area (Å²) in [6, 6.07) is 5.15. The lowest BCUT2D eigenvalue weighted by Gasteiger charge is -2.28. The number of nitrogens with one attached hydrogen (secondary N) is 1. The summed E-state index contributed by atoms with van der Waals surface area (Å²) in [7, 11) is 1.42. The Morgan fingerprint density at radius 1 is 1.42 bits per heavy atom. The standard InChI is InChI=1S/C19H26N2O4S/c1-12(16-8-13-3-5-15(16)7-13)20-19(22)11-26-10-14-4-6-18(25-2)17(9-14)21(23)24/h4,6,9,12-13,15-16H,3,5,7-8,10-11H2,1-2H3,(H,20,22). The summed E-state index contributed by atoms with van der Waals surface area (Å²) in [4.78, 5) is 22.8. The highest BCUT2D eigenvalue weighted by Gasteiger charge is 2.42. The van der Waals surface area contributed by atoms with Gasteiger partial charge in [-0.05, 0) is 55.6 Å². The van der Waals surface area contributed by atoms with E-state index in [1.807, 2.05) is 0 Å². The van der Waals surface area contributed by atoms with Crippen molar-refractivity contribution in [3.05, 3.63) is 33.9 Å². The highest BCUT2D eigenvalue weighted by atomic mass is 32.2. The lowest BCUT2D eigenvalue weighted by molar-refractivity contribution is -0.385. The van der Waals surface area contributed by atoms with Crippen LogP contribution in [0.2, 0.25) is 0 Å². The second-order valence-corrected chi connectivity index (χ2v) is 8.44. The predicted octanol–water partition coefficient (Wildman–Crippen LogP) is 3.78. The molecule has 2 aliphatic rings. The van der Waals surface area contributed by atoms with Crippen LogP contribution in [0.3, 0.4) is 0 Å². The van der Waals surface area contributed by atoms with E-state index >= 15 is 0 Å². The summed E-state index contributed by atoms with van der Waals surface area (Å²) in [6.45, 7) is 2.13. The molecule has 1 aromatic rings. The van der Waals surface area contributed by atoms with E-state index in [0.717, 1.165) is 17.4 Å². The van der Waals surface area contributed by atoms with Gasteiger partial charge in [-0.25, -0.2) is 0 Å². The Labute approximate surface area is 158 Å². The molecule has 0 spiro atoms. The van der Waals surface area contributed by atoms with E-state index in [9.17, 15) is 14.9 Å². The molecule has 0 radical (unpaired) electrons. The first-order valence-electron chi connectivity index (χ1n) is 9.16. The van der Waals surface area contributed by atoms with Crippen molar-refractivity contribution >= 4 is 23.4 Å². The molecular formula is C19H26N2O4S. The van der Waals surface area contributed by atoms with E-state index in [-0.39, 0.29) is 23.4 Å². The third kappa shape index (κ3) is 4.31. The fourth-order valence-corrected chi connectivity index (χ4v) is 5.32. The van der Waals surface area contributed by atoms with Crippen LogP contribution < -0.4 is 10.1 Å². The van der Waals surface area contributed by atoms with Crippen LogP contribution in [0.25, 0.3) is 0 Å². The zero-order chi connectivity index (χ0) is 18.7. The minimum Gasteiger partial charge on any atom is -0.490 e. The van der Waals surface area contributed by atoms with Gasteiger partial charge in [0.25, 0.3) is 0 Å². The van der Waals surface area contributed by atoms with Crippen LogP contribution in [-0.2, 0) is 10.5 Å². The third-order valence-electron chi connectivity index (χ3n) is 5.77. The van der Waals surface area contributed by atoms with Crippen molar-refractivity contribution in [2.45, 2.75) is 44.4 Å². The maximum atomic E-state index is 12.2. The first kappa shape index (κ1) is 19.0. The molecule has 2 fully saturated rings. The van der Waals surface area contributed by atoms with Crippen LogP contribution in [0.5, 0.6) is 5.75 Å². The van der Waals surface area contributed by atoms with E-state index in [2.05, 4.69) is 12.2 Å². The molecular weight excluding hydrogens is 352 g/mol. The van der Waals surface area contributed by atoms with Crippen molar-refractivity contribution in [3.8, 4) is 5.75 Å². The number of carbonyl (C=O) groups excluding carboxylic acids is 1. The average molecular weight is 378 g/mol. The molecule has 1 amide bonds. The molecule has 6 nitrogen and oxygen atoms in total. The number of methoxy groups -OCH3 is 1. The van der Waals surface area contributed by atoms with Gasteiger partial charge in [0.2, 0.25) is 5.91 Å². The fourth-order valence-electron chi connectivity index (χ4n) is 4.54. The molecule has 0 aliphatic heterocycles. The number of hydrogen-bond acceptors (Lipinski definition) is 5. The Morgan fingerprint density at radius 3 is 2.85 bits per heavy atom. The van der Waals surface area contributed by atoms with Crippen molar-refractivity contribution in [2.75, 3.05) is 12.9 Å². The molecule has 4 atom stereocenters. The Kier molecular flexibility index (Phi) is 6.06. The van der Waals surface area contributed by atoms with Crippen LogP contribution >= 0.6 is 11.8 Å². The first-order valence-corrected chi connectivity index (χ1v) is 10.3. The number of rotatable bonds is 8. The maximum Gasteiger partial charge on any atom is 0.311 e. The van der Waals surface area contributed by atoms with E-state index in [4.69, 9.17) is 4.74 Å². The van der Waals surface area contributed by atoms with Gasteiger partial charge < -0.3 is 10.1 Å². The number of nitro benzene ring substituents is 1. The average Bonchev–Trinajstić information content (AvgIpc) is 3.25. The Bertz CT molecular complexity index is 682. The number of benzene rings is 1. The monoisotopic (exact) mass is 378 g/mol. The van der Waals surface area contributed by atoms with Gasteiger partial charge in [-0.3, -0.25) is 14.9 Å². The van der Waals surface area contributed by atoms with Crippen LogP contribution in [0.1, 0.15) is 38.2 Å². The maximum absolute atomic E-state index is 12.2. The number of amides is 1. The van der Waals surface area contributed by atoms with Crippen LogP contribution in [0, 0.1) is 27.9 Å². The van der Waals surface area contributed by atoms with Gasteiger partial charge in [0.15, 0.2) is 5.75 Å². The normalized spacial score (nSPS) is 25.1. The summed E-state index contributed by atoms with van der Waals surface area (Å²) in [5.74, 6) is 3.53. The zero-order valence-corrected chi connectivity index (χ0v) is 16.1. The molecule has 0 saturated heterocycles. The van der Waals surface area contributed by atoms with Crippen LogP contribution in [-0.4, -0.2) is 29.7 Å². The number of nitro groups is 1. The first-order chi connectivity index (χ1) is 12.5. The van der Waals surface area contributed by atoms with Gasteiger partial charge >= 0.3 is 5.69 Å². The van der Waals surface area contributed by atoms with E-state index in [1.165, 1.54) is 50.6 Å². The van der Waals surface area contributed by atoms with E-state index in [0.29, 0.717) is 17.4 Å². The molecule has 1 aromatic carbocycles. The Morgan fingerprint density at radius 2 is 2.23 bits per heavy atom. The van der Waals surface area contributed by atoms with Crippen LogP contribution in [0.4, 0.5) is 5.69 Å². The van der Waals surface area contributed by atoms with Crippen molar-refractivity contribution in [1.82, 2.24) is 5.32 Å². The smallest absolute Gasteiger partial charge is 0.311 e. The zero-order valence-electron chi connectivity index (χ0n) is 15.3. The van der Waals surface area contributed by atoms with E-state index < -0.39 is 4.92 Å². The SMILES string of the molecule is COc1ccc(CSCC(=O)NC(C)C2CC3CCC2C3)cc1[N+](=O)[O-]. The van der Waals surface area contributed by atoms with Crippen molar-refractivity contribution in [2.24, 2.45) is 17.8 Å². The third-order valence-corrected chi connectivity index (χ3v) is 6.77. The lowest BCUT2D eigenvalue weighted by atomic mass is 9.84. The Hall–Kier alpha value is -1.76. The quantitative estimate of drug-likeness (QED) is 0.550. The van der Waals surface area contributed by atoms with Gasteiger partial charge in [-0.1, -0.05) is 12.5 Å². The topological polar surface area (TPSA) is 81.5 Å². The molecule has 4 unspecified atom stereocenters. The van der Waals surface area contributed by atoms with Gasteiger partial charge in [0.05, 0.1) is 17.8 Å². The molecule has 0 heterocycles. The van der Waals surface area contributed by atoms with Gasteiger partial charge in [-0.2, -0.15) is 0 Å². The van der Waals surface area contributed by atoms with Crippen LogP contribution in [0.15, 0.2) is 18.2 Å². The lowest BCUT2D eigenvalue weighted by Crippen LogP contribution is -2.40. The number of thioether (sulfide) groups is 1. The molecule has 1 N–H and O–H groups in total. The molecule has 2 saturated carbocycles. The summed E-state index contributed by atoms with van der Waals surface area (Å²) in [5, 5.41) is 14.2. The second kappa shape index (κ2) is 8.29. The highest BCUT2D eigenvalue weighted by Crippen LogP contribution is 2.49. The van der Waals surface area contributed by atoms with E-state index in [1.54, 1.807) is 12.1 Å². The fraction of sp³-hybridized carbons (Fsp3) is 0.632. The predicted molar refractivity (Wildman–Crippen MR) is 102 cm³/mol. The molecule has 7 heteroatoms. The molecule has 2 aliphatic carbocycles. The number of nitrogens with zero attached hydrogens (tertiary/aromatic N) is 1. The summed E-state index contributed by atoms with van der Waals surface area (Å²) in [6.07, 6.45) is 5.29. The second-order valence-electron chi connectivity index (χ2n) is 7.45. The molecule has 142 valence electrons. The van der Waals surface area contributed by atoms with Gasteiger partial charge in [0.1, 0.15) is 0 Å². The van der Waals surface area contributed by atoms with Gasteiger partial charge in [-0.15, -0.1) is 11.8 Å². The number of carbonyl (C=O) groups is 1. The van der Waals surface area contributed by atoms with Crippen molar-refractivity contribution in [3.63, 3.8) is 0 Å². The minimum atomic E-state index is -0.448. The molecule has 26 heavy (non-hydrogen) atoms. The minimum absolute atomic E-state index is 0.0417. The van der Waals surface area contributed by atoms with Gasteiger partial charge in [0, 0.05) is 17.9 Å². The summed E-state index contributed by atoms with van der Waals surface area (Å²) >= 11 is 1.47. The molecule has 3 rings (SSSR count). The molecule has 2 bridgehead atoms. The largest absolute Gasteiger partial charge is 0.490 e. The number of fused-ring (bicyclic) bond motifs is 2. The van der Waals surface area contributed by atoms with Crippen molar-refractivity contribution in [1.29, 1.82) is 0 Å². The summed E-state index contributed by atoms with van der Waals surface area (Å²) in [5.41, 5.74) is 0.774. The highest BCUT2D eigenvalue weighted by molar-refractivity contribution is 7.99. The molecule has 0 aromatic heterocycles. The summed E-state index contributed by atoms with van der Waals surface area (Å²) < 4.78 is 5.01. The van der Waals surface area contributed by atoms with Crippen molar-refractivity contribution < 1.29 is 14.5 Å². The number of hydrogen-bond donors (Lipinski definition) is 1.